The molecule has 1 aromatic carbocycles. The fraction of sp³-hybridized carbons (Fsp3) is 0.385. The van der Waals surface area contributed by atoms with E-state index in [1.54, 1.807) is 12.3 Å². The van der Waals surface area contributed by atoms with Crippen molar-refractivity contribution in [1.82, 2.24) is 15.0 Å². The molecule has 20 heavy (non-hydrogen) atoms. The standard InChI is InChI=1S/C13H15F3N4/c1-2-4-11(17)12-8-20(19-18-12)10-6-3-5-9(7-10)13(14,15)16/h3,5-8,11H,2,4,17H2,1H3. The van der Waals surface area contributed by atoms with Crippen molar-refractivity contribution >= 4 is 0 Å². The zero-order valence-electron chi connectivity index (χ0n) is 10.9. The Morgan fingerprint density at radius 2 is 2.10 bits per heavy atom. The molecule has 2 N–H and O–H groups in total. The van der Waals surface area contributed by atoms with E-state index in [2.05, 4.69) is 10.3 Å². The minimum Gasteiger partial charge on any atom is -0.323 e. The predicted molar refractivity (Wildman–Crippen MR) is 68.2 cm³/mol. The Balaban J connectivity index is 2.28. The summed E-state index contributed by atoms with van der Waals surface area (Å²) in [4.78, 5) is 0. The maximum atomic E-state index is 12.7. The van der Waals surface area contributed by atoms with Gasteiger partial charge in [-0.05, 0) is 24.6 Å². The molecule has 1 unspecified atom stereocenters. The van der Waals surface area contributed by atoms with Gasteiger partial charge in [0.25, 0.3) is 0 Å². The molecule has 1 atom stereocenters. The van der Waals surface area contributed by atoms with Crippen molar-refractivity contribution in [3.05, 3.63) is 41.7 Å². The molecule has 1 heterocycles. The van der Waals surface area contributed by atoms with E-state index in [4.69, 9.17) is 5.73 Å². The third-order valence-corrected chi connectivity index (χ3v) is 2.93. The van der Waals surface area contributed by atoms with Crippen LogP contribution in [-0.4, -0.2) is 15.0 Å². The van der Waals surface area contributed by atoms with E-state index < -0.39 is 11.7 Å². The predicted octanol–water partition coefficient (Wildman–Crippen LogP) is 3.09. The van der Waals surface area contributed by atoms with Crippen molar-refractivity contribution in [1.29, 1.82) is 0 Å². The fourth-order valence-electron chi connectivity index (χ4n) is 1.86. The Morgan fingerprint density at radius 3 is 2.75 bits per heavy atom. The second-order valence-corrected chi connectivity index (χ2v) is 4.53. The summed E-state index contributed by atoms with van der Waals surface area (Å²) in [5.74, 6) is 0. The van der Waals surface area contributed by atoms with Crippen molar-refractivity contribution in [3.63, 3.8) is 0 Å². The van der Waals surface area contributed by atoms with Gasteiger partial charge >= 0.3 is 6.18 Å². The SMILES string of the molecule is CCCC(N)c1cn(-c2cccc(C(F)(F)F)c2)nn1. The molecule has 0 saturated carbocycles. The van der Waals surface area contributed by atoms with E-state index in [1.807, 2.05) is 6.92 Å². The first kappa shape index (κ1) is 14.5. The Bertz CT molecular complexity index is 577. The van der Waals surface area contributed by atoms with Crippen LogP contribution in [0.15, 0.2) is 30.5 Å². The number of nitrogens with two attached hydrogens (primary N) is 1. The van der Waals surface area contributed by atoms with Gasteiger partial charge in [0.1, 0.15) is 0 Å². The van der Waals surface area contributed by atoms with Gasteiger partial charge < -0.3 is 5.73 Å². The largest absolute Gasteiger partial charge is 0.416 e. The van der Waals surface area contributed by atoms with Gasteiger partial charge in [-0.1, -0.05) is 24.6 Å². The molecular formula is C13H15F3N4. The highest BCUT2D eigenvalue weighted by Gasteiger charge is 2.30. The van der Waals surface area contributed by atoms with Gasteiger partial charge in [-0.3, -0.25) is 0 Å². The lowest BCUT2D eigenvalue weighted by Crippen LogP contribution is -2.10. The average molecular weight is 284 g/mol. The molecule has 4 nitrogen and oxygen atoms in total. The molecule has 0 aliphatic heterocycles. The number of rotatable bonds is 4. The number of alkyl halides is 3. The molecule has 0 fully saturated rings. The lowest BCUT2D eigenvalue weighted by Gasteiger charge is -2.08. The van der Waals surface area contributed by atoms with Gasteiger partial charge in [-0.15, -0.1) is 5.10 Å². The number of halogens is 3. The lowest BCUT2D eigenvalue weighted by atomic mass is 10.1. The average Bonchev–Trinajstić information content (AvgIpc) is 2.88. The first-order chi connectivity index (χ1) is 9.41. The van der Waals surface area contributed by atoms with E-state index in [9.17, 15) is 13.2 Å². The van der Waals surface area contributed by atoms with Crippen LogP contribution in [0.2, 0.25) is 0 Å². The zero-order chi connectivity index (χ0) is 14.8. The Hall–Kier alpha value is -1.89. The first-order valence-corrected chi connectivity index (χ1v) is 6.27. The van der Waals surface area contributed by atoms with Gasteiger partial charge in [0.15, 0.2) is 0 Å². The second kappa shape index (κ2) is 5.62. The number of nitrogens with zero attached hydrogens (tertiary/aromatic N) is 3. The third kappa shape index (κ3) is 3.16. The molecule has 0 radical (unpaired) electrons. The fourth-order valence-corrected chi connectivity index (χ4v) is 1.86. The summed E-state index contributed by atoms with van der Waals surface area (Å²) < 4.78 is 39.3. The number of hydrogen-bond acceptors (Lipinski definition) is 3. The molecule has 0 amide bonds. The Labute approximate surface area is 114 Å². The normalized spacial score (nSPS) is 13.4. The van der Waals surface area contributed by atoms with Crippen LogP contribution in [0.3, 0.4) is 0 Å². The monoisotopic (exact) mass is 284 g/mol. The first-order valence-electron chi connectivity index (χ1n) is 6.27. The molecule has 2 aromatic rings. The summed E-state index contributed by atoms with van der Waals surface area (Å²) in [7, 11) is 0. The molecule has 0 spiro atoms. The number of benzene rings is 1. The zero-order valence-corrected chi connectivity index (χ0v) is 10.9. The van der Waals surface area contributed by atoms with Crippen LogP contribution in [0.25, 0.3) is 5.69 Å². The van der Waals surface area contributed by atoms with Crippen LogP contribution in [0.5, 0.6) is 0 Å². The summed E-state index contributed by atoms with van der Waals surface area (Å²) in [6.45, 7) is 2.00. The van der Waals surface area contributed by atoms with Crippen LogP contribution < -0.4 is 5.73 Å². The van der Waals surface area contributed by atoms with E-state index in [1.165, 1.54) is 10.7 Å². The van der Waals surface area contributed by atoms with Crippen molar-refractivity contribution in [2.75, 3.05) is 0 Å². The van der Waals surface area contributed by atoms with E-state index in [0.29, 0.717) is 11.4 Å². The summed E-state index contributed by atoms with van der Waals surface area (Å²) in [5.41, 5.74) is 6.06. The van der Waals surface area contributed by atoms with Crippen molar-refractivity contribution in [2.45, 2.75) is 32.0 Å². The van der Waals surface area contributed by atoms with Crippen LogP contribution in [-0.2, 0) is 6.18 Å². The molecular weight excluding hydrogens is 269 g/mol. The topological polar surface area (TPSA) is 56.7 Å². The molecule has 0 saturated heterocycles. The van der Waals surface area contributed by atoms with Gasteiger partial charge in [-0.2, -0.15) is 13.2 Å². The summed E-state index contributed by atoms with van der Waals surface area (Å²) in [6, 6.07) is 4.68. The van der Waals surface area contributed by atoms with Crippen LogP contribution in [0.4, 0.5) is 13.2 Å². The smallest absolute Gasteiger partial charge is 0.323 e. The van der Waals surface area contributed by atoms with E-state index in [0.717, 1.165) is 25.0 Å². The number of aromatic nitrogens is 3. The minimum atomic E-state index is -4.38. The molecule has 108 valence electrons. The maximum Gasteiger partial charge on any atom is 0.416 e. The summed E-state index contributed by atoms with van der Waals surface area (Å²) in [6.07, 6.45) is -1.16. The maximum absolute atomic E-state index is 12.7. The molecule has 2 rings (SSSR count). The summed E-state index contributed by atoms with van der Waals surface area (Å²) >= 11 is 0. The number of hydrogen-bond donors (Lipinski definition) is 1. The van der Waals surface area contributed by atoms with Crippen molar-refractivity contribution in [2.24, 2.45) is 5.73 Å². The Morgan fingerprint density at radius 1 is 1.35 bits per heavy atom. The minimum absolute atomic E-state index is 0.250. The molecule has 0 aliphatic carbocycles. The second-order valence-electron chi connectivity index (χ2n) is 4.53. The highest BCUT2D eigenvalue weighted by molar-refractivity contribution is 5.36. The van der Waals surface area contributed by atoms with Crippen molar-refractivity contribution < 1.29 is 13.2 Å². The quantitative estimate of drug-likeness (QED) is 0.938. The van der Waals surface area contributed by atoms with Crippen LogP contribution in [0.1, 0.15) is 37.1 Å². The van der Waals surface area contributed by atoms with E-state index >= 15 is 0 Å². The molecule has 0 bridgehead atoms. The van der Waals surface area contributed by atoms with Gasteiger partial charge in [-0.25, -0.2) is 4.68 Å². The lowest BCUT2D eigenvalue weighted by molar-refractivity contribution is -0.137. The van der Waals surface area contributed by atoms with Gasteiger partial charge in [0, 0.05) is 0 Å². The van der Waals surface area contributed by atoms with Crippen molar-refractivity contribution in [3.8, 4) is 5.69 Å². The van der Waals surface area contributed by atoms with Crippen LogP contribution >= 0.6 is 0 Å². The van der Waals surface area contributed by atoms with Gasteiger partial charge in [0.2, 0.25) is 0 Å². The summed E-state index contributed by atoms with van der Waals surface area (Å²) in [5, 5.41) is 7.74. The highest BCUT2D eigenvalue weighted by Crippen LogP contribution is 2.30. The Kier molecular flexibility index (Phi) is 4.08. The van der Waals surface area contributed by atoms with Crippen LogP contribution in [0, 0.1) is 0 Å². The molecule has 0 aliphatic rings. The van der Waals surface area contributed by atoms with E-state index in [-0.39, 0.29) is 6.04 Å². The third-order valence-electron chi connectivity index (χ3n) is 2.93. The molecule has 1 aromatic heterocycles. The van der Waals surface area contributed by atoms with Gasteiger partial charge in [0.05, 0.1) is 29.2 Å². The molecule has 7 heteroatoms. The highest BCUT2D eigenvalue weighted by atomic mass is 19.4.